The van der Waals surface area contributed by atoms with Crippen molar-refractivity contribution in [2.75, 3.05) is 7.11 Å². The number of hydrogen-bond acceptors (Lipinski definition) is 2. The lowest BCUT2D eigenvalue weighted by molar-refractivity contribution is 0.0939. The molecule has 1 amide bonds. The van der Waals surface area contributed by atoms with Crippen LogP contribution in [0.25, 0.3) is 0 Å². The lowest BCUT2D eigenvalue weighted by Crippen LogP contribution is -2.26. The topological polar surface area (TPSA) is 38.3 Å². The first-order valence-corrected chi connectivity index (χ1v) is 7.20. The van der Waals surface area contributed by atoms with Gasteiger partial charge in [-0.25, -0.2) is 4.39 Å². The number of carbonyl (C=O) groups excluding carboxylic acids is 1. The largest absolute Gasteiger partial charge is 0.494 e. The van der Waals surface area contributed by atoms with E-state index >= 15 is 0 Å². The van der Waals surface area contributed by atoms with E-state index in [1.54, 1.807) is 0 Å². The minimum absolute atomic E-state index is 0.118. The molecule has 0 aliphatic rings. The van der Waals surface area contributed by atoms with E-state index in [9.17, 15) is 9.18 Å². The van der Waals surface area contributed by atoms with Gasteiger partial charge in [-0.2, -0.15) is 0 Å². The molecule has 0 fully saturated rings. The van der Waals surface area contributed by atoms with E-state index in [0.717, 1.165) is 10.0 Å². The van der Waals surface area contributed by atoms with Crippen molar-refractivity contribution in [3.8, 4) is 5.75 Å². The Kier molecular flexibility index (Phi) is 4.96. The van der Waals surface area contributed by atoms with Crippen molar-refractivity contribution in [3.63, 3.8) is 0 Å². The Morgan fingerprint density at radius 3 is 2.48 bits per heavy atom. The summed E-state index contributed by atoms with van der Waals surface area (Å²) in [6, 6.07) is 11.6. The second-order valence-corrected chi connectivity index (χ2v) is 5.51. The van der Waals surface area contributed by atoms with Gasteiger partial charge in [0.25, 0.3) is 5.91 Å². The highest BCUT2D eigenvalue weighted by atomic mass is 79.9. The van der Waals surface area contributed by atoms with Gasteiger partial charge in [-0.1, -0.05) is 28.1 Å². The smallest absolute Gasteiger partial charge is 0.251 e. The van der Waals surface area contributed by atoms with Gasteiger partial charge in [0.15, 0.2) is 11.6 Å². The van der Waals surface area contributed by atoms with Gasteiger partial charge in [0.1, 0.15) is 0 Å². The zero-order valence-corrected chi connectivity index (χ0v) is 13.3. The van der Waals surface area contributed by atoms with Crippen molar-refractivity contribution < 1.29 is 13.9 Å². The Bertz CT molecular complexity index is 643. The first-order chi connectivity index (χ1) is 10.0. The lowest BCUT2D eigenvalue weighted by Gasteiger charge is -2.15. The molecule has 0 aliphatic carbocycles. The van der Waals surface area contributed by atoms with Gasteiger partial charge < -0.3 is 10.1 Å². The molecule has 0 radical (unpaired) electrons. The molecule has 0 bridgehead atoms. The van der Waals surface area contributed by atoms with Gasteiger partial charge in [0.05, 0.1) is 13.2 Å². The van der Waals surface area contributed by atoms with Gasteiger partial charge in [-0.15, -0.1) is 0 Å². The number of rotatable bonds is 4. The monoisotopic (exact) mass is 351 g/mol. The molecular formula is C16H15BrFNO2. The average molecular weight is 352 g/mol. The fourth-order valence-electron chi connectivity index (χ4n) is 1.92. The maximum Gasteiger partial charge on any atom is 0.251 e. The molecule has 0 unspecified atom stereocenters. The minimum atomic E-state index is -0.554. The predicted molar refractivity (Wildman–Crippen MR) is 83.0 cm³/mol. The highest BCUT2D eigenvalue weighted by Crippen LogP contribution is 2.20. The van der Waals surface area contributed by atoms with Crippen LogP contribution in [-0.4, -0.2) is 13.0 Å². The molecule has 0 aliphatic heterocycles. The van der Waals surface area contributed by atoms with Crippen LogP contribution < -0.4 is 10.1 Å². The van der Waals surface area contributed by atoms with Crippen molar-refractivity contribution >= 4 is 21.8 Å². The molecule has 1 N–H and O–H groups in total. The van der Waals surface area contributed by atoms with Crippen LogP contribution in [0.5, 0.6) is 5.75 Å². The van der Waals surface area contributed by atoms with Crippen LogP contribution in [0.3, 0.4) is 0 Å². The summed E-state index contributed by atoms with van der Waals surface area (Å²) in [5.41, 5.74) is 1.23. The molecule has 2 aromatic carbocycles. The summed E-state index contributed by atoms with van der Waals surface area (Å²) >= 11 is 3.36. The highest BCUT2D eigenvalue weighted by molar-refractivity contribution is 9.10. The molecule has 0 saturated carbocycles. The quantitative estimate of drug-likeness (QED) is 0.900. The summed E-state index contributed by atoms with van der Waals surface area (Å²) in [7, 11) is 1.38. The first-order valence-electron chi connectivity index (χ1n) is 6.41. The summed E-state index contributed by atoms with van der Waals surface area (Å²) in [4.78, 5) is 12.1. The molecule has 110 valence electrons. The number of methoxy groups -OCH3 is 1. The number of hydrogen-bond donors (Lipinski definition) is 1. The van der Waals surface area contributed by atoms with Crippen LogP contribution in [-0.2, 0) is 0 Å². The van der Waals surface area contributed by atoms with Crippen LogP contribution in [0.15, 0.2) is 46.9 Å². The molecule has 3 nitrogen and oxygen atoms in total. The maximum absolute atomic E-state index is 13.6. The van der Waals surface area contributed by atoms with E-state index in [1.165, 1.54) is 25.3 Å². The van der Waals surface area contributed by atoms with Gasteiger partial charge in [-0.3, -0.25) is 4.79 Å². The third kappa shape index (κ3) is 3.82. The fraction of sp³-hybridized carbons (Fsp3) is 0.188. The van der Waals surface area contributed by atoms with Crippen LogP contribution in [0.1, 0.15) is 28.9 Å². The number of nitrogens with one attached hydrogen (secondary N) is 1. The summed E-state index contributed by atoms with van der Waals surface area (Å²) in [6.07, 6.45) is 0. The lowest BCUT2D eigenvalue weighted by atomic mass is 10.1. The minimum Gasteiger partial charge on any atom is -0.494 e. The number of ether oxygens (including phenoxy) is 1. The van der Waals surface area contributed by atoms with E-state index in [2.05, 4.69) is 21.2 Å². The van der Waals surface area contributed by atoms with Crippen molar-refractivity contribution in [3.05, 3.63) is 63.9 Å². The summed E-state index contributed by atoms with van der Waals surface area (Å²) in [5.74, 6) is -0.763. The van der Waals surface area contributed by atoms with E-state index in [1.807, 2.05) is 31.2 Å². The first kappa shape index (κ1) is 15.5. The molecular weight excluding hydrogens is 337 g/mol. The van der Waals surface area contributed by atoms with Gasteiger partial charge in [-0.05, 0) is 42.8 Å². The molecule has 1 atom stereocenters. The Morgan fingerprint density at radius 1 is 1.24 bits per heavy atom. The second-order valence-electron chi connectivity index (χ2n) is 4.60. The maximum atomic E-state index is 13.6. The van der Waals surface area contributed by atoms with Crippen LogP contribution in [0, 0.1) is 5.82 Å². The van der Waals surface area contributed by atoms with E-state index < -0.39 is 5.82 Å². The van der Waals surface area contributed by atoms with Gasteiger partial charge in [0.2, 0.25) is 0 Å². The molecule has 21 heavy (non-hydrogen) atoms. The molecule has 0 aromatic heterocycles. The number of carbonyl (C=O) groups is 1. The van der Waals surface area contributed by atoms with Crippen LogP contribution in [0.4, 0.5) is 4.39 Å². The van der Waals surface area contributed by atoms with Crippen LogP contribution in [0.2, 0.25) is 0 Å². The van der Waals surface area contributed by atoms with Crippen molar-refractivity contribution in [1.29, 1.82) is 0 Å². The molecule has 5 heteroatoms. The average Bonchev–Trinajstić information content (AvgIpc) is 2.47. The summed E-state index contributed by atoms with van der Waals surface area (Å²) in [6.45, 7) is 1.88. The van der Waals surface area contributed by atoms with Gasteiger partial charge >= 0.3 is 0 Å². The van der Waals surface area contributed by atoms with E-state index in [0.29, 0.717) is 0 Å². The highest BCUT2D eigenvalue weighted by Gasteiger charge is 2.13. The molecule has 2 aromatic rings. The summed E-state index contributed by atoms with van der Waals surface area (Å²) < 4.78 is 19.4. The summed E-state index contributed by atoms with van der Waals surface area (Å²) in [5, 5.41) is 2.83. The molecule has 0 heterocycles. The van der Waals surface area contributed by atoms with Crippen LogP contribution >= 0.6 is 15.9 Å². The second kappa shape index (κ2) is 6.72. The predicted octanol–water partition coefficient (Wildman–Crippen LogP) is 4.09. The Labute approximate surface area is 131 Å². The standard InChI is InChI=1S/C16H15BrFNO2/c1-10(11-3-6-13(17)7-4-11)19-16(20)12-5-8-15(21-2)14(18)9-12/h3-10H,1-2H3,(H,19,20)/t10-/m1/s1. The normalized spacial score (nSPS) is 11.8. The Morgan fingerprint density at radius 2 is 1.90 bits per heavy atom. The molecule has 2 rings (SSSR count). The van der Waals surface area contributed by atoms with E-state index in [-0.39, 0.29) is 23.3 Å². The SMILES string of the molecule is COc1ccc(C(=O)N[C@H](C)c2ccc(Br)cc2)cc1F. The zero-order valence-electron chi connectivity index (χ0n) is 11.7. The molecule has 0 saturated heterocycles. The number of benzene rings is 2. The number of halogens is 2. The third-order valence-electron chi connectivity index (χ3n) is 3.13. The van der Waals surface area contributed by atoms with Crippen molar-refractivity contribution in [2.24, 2.45) is 0 Å². The third-order valence-corrected chi connectivity index (χ3v) is 3.66. The van der Waals surface area contributed by atoms with Gasteiger partial charge in [0, 0.05) is 10.0 Å². The zero-order chi connectivity index (χ0) is 15.4. The molecule has 0 spiro atoms. The van der Waals surface area contributed by atoms with Crippen molar-refractivity contribution in [1.82, 2.24) is 5.32 Å². The van der Waals surface area contributed by atoms with Crippen molar-refractivity contribution in [2.45, 2.75) is 13.0 Å². The number of amides is 1. The Balaban J connectivity index is 2.10. The fourth-order valence-corrected chi connectivity index (χ4v) is 2.19. The Hall–Kier alpha value is -1.88. The van der Waals surface area contributed by atoms with E-state index in [4.69, 9.17) is 4.74 Å².